The van der Waals surface area contributed by atoms with E-state index in [2.05, 4.69) is 17.0 Å². The molecule has 118 valence electrons. The Labute approximate surface area is 135 Å². The van der Waals surface area contributed by atoms with Gasteiger partial charge in [0.15, 0.2) is 5.72 Å². The summed E-state index contributed by atoms with van der Waals surface area (Å²) in [6, 6.07) is 13.3. The first-order valence-electron chi connectivity index (χ1n) is 7.54. The van der Waals surface area contributed by atoms with Gasteiger partial charge in [-0.2, -0.15) is 0 Å². The molecule has 3 rings (SSSR count). The number of pyridine rings is 1. The number of hydrogen-bond acceptors (Lipinski definition) is 4. The Bertz CT molecular complexity index is 703. The number of nitrogens with one attached hydrogen (secondary N) is 1. The first-order chi connectivity index (χ1) is 11.1. The molecule has 1 aromatic heterocycles. The lowest BCUT2D eigenvalue weighted by molar-refractivity contribution is -0.161. The maximum absolute atomic E-state index is 12.6. The first kappa shape index (κ1) is 15.2. The van der Waals surface area contributed by atoms with Crippen molar-refractivity contribution in [2.45, 2.75) is 25.0 Å². The Hall–Kier alpha value is -2.66. The molecule has 1 aromatic carbocycles. The van der Waals surface area contributed by atoms with E-state index in [0.29, 0.717) is 24.1 Å². The summed E-state index contributed by atoms with van der Waals surface area (Å²) in [5, 5.41) is 12.3. The van der Waals surface area contributed by atoms with E-state index in [-0.39, 0.29) is 12.3 Å². The summed E-state index contributed by atoms with van der Waals surface area (Å²) in [6.07, 6.45) is 4.36. The van der Waals surface area contributed by atoms with E-state index in [1.54, 1.807) is 24.5 Å². The van der Waals surface area contributed by atoms with Crippen LogP contribution in [0, 0.1) is 0 Å². The molecule has 1 unspecified atom stereocenters. The standard InChI is InChI=1S/C18H19N3O2/c1-14-12-18(23,16-8-5-11-19-13-16)21(20-14)17(22)10-9-15-6-3-2-4-7-15/h2-8,11,13,20,23H,1,9-10,12H2. The fraction of sp³-hybridized carbons (Fsp3) is 0.222. The fourth-order valence-corrected chi connectivity index (χ4v) is 2.77. The highest BCUT2D eigenvalue weighted by molar-refractivity contribution is 5.77. The molecule has 1 saturated heterocycles. The average molecular weight is 309 g/mol. The van der Waals surface area contributed by atoms with Crippen LogP contribution in [0.2, 0.25) is 0 Å². The van der Waals surface area contributed by atoms with Gasteiger partial charge in [0, 0.05) is 36.5 Å². The molecule has 1 amide bonds. The van der Waals surface area contributed by atoms with E-state index >= 15 is 0 Å². The van der Waals surface area contributed by atoms with Gasteiger partial charge in [0.05, 0.1) is 0 Å². The van der Waals surface area contributed by atoms with E-state index < -0.39 is 5.72 Å². The molecule has 0 aliphatic carbocycles. The third-order valence-electron chi connectivity index (χ3n) is 3.94. The molecule has 2 aromatic rings. The maximum Gasteiger partial charge on any atom is 0.244 e. The second kappa shape index (κ2) is 6.22. The number of rotatable bonds is 4. The van der Waals surface area contributed by atoms with Crippen molar-refractivity contribution in [2.24, 2.45) is 0 Å². The van der Waals surface area contributed by atoms with Crippen molar-refractivity contribution in [2.75, 3.05) is 0 Å². The Morgan fingerprint density at radius 2 is 2.09 bits per heavy atom. The van der Waals surface area contributed by atoms with Crippen molar-refractivity contribution in [1.82, 2.24) is 15.4 Å². The van der Waals surface area contributed by atoms with Crippen molar-refractivity contribution in [3.8, 4) is 0 Å². The Balaban J connectivity index is 1.77. The van der Waals surface area contributed by atoms with Crippen LogP contribution in [0.1, 0.15) is 24.0 Å². The van der Waals surface area contributed by atoms with Crippen molar-refractivity contribution in [3.05, 3.63) is 78.3 Å². The zero-order valence-corrected chi connectivity index (χ0v) is 12.8. The van der Waals surface area contributed by atoms with Gasteiger partial charge in [0.25, 0.3) is 0 Å². The largest absolute Gasteiger partial charge is 0.365 e. The molecule has 2 N–H and O–H groups in total. The summed E-state index contributed by atoms with van der Waals surface area (Å²) in [5.74, 6) is -0.182. The Kier molecular flexibility index (Phi) is 4.12. The second-order valence-electron chi connectivity index (χ2n) is 5.67. The van der Waals surface area contributed by atoms with Crippen LogP contribution >= 0.6 is 0 Å². The first-order valence-corrected chi connectivity index (χ1v) is 7.54. The number of benzene rings is 1. The normalized spacial score (nSPS) is 20.4. The van der Waals surface area contributed by atoms with Crippen LogP contribution in [0.5, 0.6) is 0 Å². The monoisotopic (exact) mass is 309 g/mol. The minimum absolute atomic E-state index is 0.182. The third kappa shape index (κ3) is 3.10. The van der Waals surface area contributed by atoms with Crippen LogP contribution in [-0.2, 0) is 16.9 Å². The maximum atomic E-state index is 12.6. The highest BCUT2D eigenvalue weighted by Gasteiger charge is 2.45. The lowest BCUT2D eigenvalue weighted by Gasteiger charge is -2.32. The molecule has 1 atom stereocenters. The molecule has 5 nitrogen and oxygen atoms in total. The zero-order chi connectivity index (χ0) is 16.3. The molecule has 2 heterocycles. The van der Waals surface area contributed by atoms with Gasteiger partial charge in [0.1, 0.15) is 0 Å². The minimum Gasteiger partial charge on any atom is -0.365 e. The van der Waals surface area contributed by atoms with Gasteiger partial charge in [-0.25, -0.2) is 5.01 Å². The molecule has 1 aliphatic heterocycles. The second-order valence-corrected chi connectivity index (χ2v) is 5.67. The van der Waals surface area contributed by atoms with E-state index in [1.807, 2.05) is 30.3 Å². The number of hydrogen-bond donors (Lipinski definition) is 2. The van der Waals surface area contributed by atoms with Gasteiger partial charge in [-0.05, 0) is 18.1 Å². The van der Waals surface area contributed by atoms with Crippen LogP contribution in [0.4, 0.5) is 0 Å². The van der Waals surface area contributed by atoms with Crippen LogP contribution in [0.25, 0.3) is 0 Å². The number of aliphatic hydroxyl groups is 1. The molecule has 0 saturated carbocycles. The summed E-state index contributed by atoms with van der Waals surface area (Å²) < 4.78 is 0. The zero-order valence-electron chi connectivity index (χ0n) is 12.8. The number of carbonyl (C=O) groups excluding carboxylic acids is 1. The topological polar surface area (TPSA) is 65.5 Å². The van der Waals surface area contributed by atoms with Crippen molar-refractivity contribution >= 4 is 5.91 Å². The summed E-state index contributed by atoms with van der Waals surface area (Å²) in [6.45, 7) is 3.84. The lowest BCUT2D eigenvalue weighted by atomic mass is 10.0. The number of amides is 1. The SMILES string of the molecule is C=C1CC(O)(c2cccnc2)N(C(=O)CCc2ccccc2)N1. The van der Waals surface area contributed by atoms with Crippen LogP contribution in [0.3, 0.4) is 0 Å². The van der Waals surface area contributed by atoms with Crippen molar-refractivity contribution in [3.63, 3.8) is 0 Å². The number of hydrazine groups is 1. The molecular formula is C18H19N3O2. The Morgan fingerprint density at radius 3 is 2.78 bits per heavy atom. The van der Waals surface area contributed by atoms with E-state index in [1.165, 1.54) is 5.01 Å². The molecule has 0 bridgehead atoms. The van der Waals surface area contributed by atoms with E-state index in [0.717, 1.165) is 5.56 Å². The van der Waals surface area contributed by atoms with Gasteiger partial charge in [-0.15, -0.1) is 0 Å². The molecule has 5 heteroatoms. The summed E-state index contributed by atoms with van der Waals surface area (Å²) in [7, 11) is 0. The summed E-state index contributed by atoms with van der Waals surface area (Å²) in [5.41, 5.74) is 3.70. The number of aromatic nitrogens is 1. The molecule has 0 radical (unpaired) electrons. The predicted octanol–water partition coefficient (Wildman–Crippen LogP) is 2.11. The van der Waals surface area contributed by atoms with Gasteiger partial charge in [-0.3, -0.25) is 15.2 Å². The highest BCUT2D eigenvalue weighted by atomic mass is 16.3. The number of carbonyl (C=O) groups is 1. The van der Waals surface area contributed by atoms with Crippen molar-refractivity contribution in [1.29, 1.82) is 0 Å². The molecule has 23 heavy (non-hydrogen) atoms. The van der Waals surface area contributed by atoms with Gasteiger partial charge < -0.3 is 5.11 Å². The predicted molar refractivity (Wildman–Crippen MR) is 86.6 cm³/mol. The number of aryl methyl sites for hydroxylation is 1. The molecular weight excluding hydrogens is 290 g/mol. The molecule has 1 fully saturated rings. The average Bonchev–Trinajstić information content (AvgIpc) is 2.90. The van der Waals surface area contributed by atoms with E-state index in [4.69, 9.17) is 0 Å². The molecule has 1 aliphatic rings. The van der Waals surface area contributed by atoms with Crippen LogP contribution in [0.15, 0.2) is 67.1 Å². The lowest BCUT2D eigenvalue weighted by Crippen LogP contribution is -2.49. The Morgan fingerprint density at radius 1 is 1.30 bits per heavy atom. The van der Waals surface area contributed by atoms with Gasteiger partial charge in [0.2, 0.25) is 5.91 Å². The van der Waals surface area contributed by atoms with Gasteiger partial charge in [-0.1, -0.05) is 43.0 Å². The summed E-state index contributed by atoms with van der Waals surface area (Å²) >= 11 is 0. The van der Waals surface area contributed by atoms with E-state index in [9.17, 15) is 9.90 Å². The van der Waals surface area contributed by atoms with Crippen molar-refractivity contribution < 1.29 is 9.90 Å². The minimum atomic E-state index is -1.45. The number of nitrogens with zero attached hydrogens (tertiary/aromatic N) is 2. The van der Waals surface area contributed by atoms with Crippen LogP contribution < -0.4 is 5.43 Å². The highest BCUT2D eigenvalue weighted by Crippen LogP contribution is 2.35. The van der Waals surface area contributed by atoms with Crippen LogP contribution in [-0.4, -0.2) is 21.0 Å². The molecule has 0 spiro atoms. The third-order valence-corrected chi connectivity index (χ3v) is 3.94. The summed E-state index contributed by atoms with van der Waals surface area (Å²) in [4.78, 5) is 16.6. The quantitative estimate of drug-likeness (QED) is 0.908. The van der Waals surface area contributed by atoms with Gasteiger partial charge >= 0.3 is 0 Å². The fourth-order valence-electron chi connectivity index (χ4n) is 2.77. The smallest absolute Gasteiger partial charge is 0.244 e.